The van der Waals surface area contributed by atoms with Crippen LogP contribution >= 0.6 is 0 Å². The Bertz CT molecular complexity index is 321. The molecule has 0 amide bonds. The summed E-state index contributed by atoms with van der Waals surface area (Å²) in [5, 5.41) is 22.0. The number of aliphatic hydroxyl groups is 1. The molecule has 1 rings (SSSR count). The Balaban J connectivity index is 2.53. The molecule has 1 unspecified atom stereocenters. The summed E-state index contributed by atoms with van der Waals surface area (Å²) in [7, 11) is 0. The maximum Gasteiger partial charge on any atom is 0.333 e. The van der Waals surface area contributed by atoms with E-state index < -0.39 is 17.5 Å². The molecule has 0 fully saturated rings. The molecule has 0 aliphatic rings. The molecular weight excluding hydrogens is 198 g/mol. The second-order valence-electron chi connectivity index (χ2n) is 4.14. The molecule has 2 N–H and O–H groups in total. The summed E-state index contributed by atoms with van der Waals surface area (Å²) in [4.78, 5) is 14.4. The monoisotopic (exact) mass is 213 g/mol. The topological polar surface area (TPSA) is 88.2 Å². The number of rotatable bonds is 5. The highest BCUT2D eigenvalue weighted by atomic mass is 16.4. The zero-order chi connectivity index (χ0) is 11.5. The van der Waals surface area contributed by atoms with Gasteiger partial charge in [0.2, 0.25) is 0 Å². The Kier molecular flexibility index (Phi) is 3.41. The largest absolute Gasteiger partial charge is 0.479 e. The third-order valence-corrected chi connectivity index (χ3v) is 2.43. The normalized spacial score (nSPS) is 13.8. The van der Waals surface area contributed by atoms with E-state index in [0.29, 0.717) is 13.0 Å². The third-order valence-electron chi connectivity index (χ3n) is 2.43. The van der Waals surface area contributed by atoms with Crippen LogP contribution in [0.5, 0.6) is 0 Å². The van der Waals surface area contributed by atoms with Crippen molar-refractivity contribution in [3.8, 4) is 0 Å². The predicted octanol–water partition coefficient (Wildman–Crippen LogP) is 0.140. The van der Waals surface area contributed by atoms with E-state index in [1.54, 1.807) is 24.9 Å². The average Bonchev–Trinajstić information content (AvgIpc) is 2.66. The molecule has 1 atom stereocenters. The van der Waals surface area contributed by atoms with Gasteiger partial charge in [-0.15, -0.1) is 0 Å². The first-order valence-electron chi connectivity index (χ1n) is 4.67. The van der Waals surface area contributed by atoms with Gasteiger partial charge in [0.15, 0.2) is 6.10 Å². The molecule has 15 heavy (non-hydrogen) atoms. The van der Waals surface area contributed by atoms with Crippen molar-refractivity contribution in [1.29, 1.82) is 0 Å². The molecule has 0 saturated carbocycles. The minimum absolute atomic E-state index is 0.518. The van der Waals surface area contributed by atoms with Gasteiger partial charge in [-0.25, -0.2) is 9.78 Å². The van der Waals surface area contributed by atoms with Crippen LogP contribution < -0.4 is 0 Å². The van der Waals surface area contributed by atoms with Gasteiger partial charge in [0.05, 0.1) is 0 Å². The van der Waals surface area contributed by atoms with Crippen LogP contribution in [0.25, 0.3) is 0 Å². The molecule has 0 aliphatic carbocycles. The number of aliphatic carboxylic acids is 1. The first-order chi connectivity index (χ1) is 6.93. The zero-order valence-corrected chi connectivity index (χ0v) is 8.79. The van der Waals surface area contributed by atoms with E-state index in [1.165, 1.54) is 6.33 Å². The highest BCUT2D eigenvalue weighted by molar-refractivity contribution is 5.72. The van der Waals surface area contributed by atoms with Gasteiger partial charge in [0, 0.05) is 12.0 Å². The van der Waals surface area contributed by atoms with E-state index >= 15 is 0 Å². The number of carboxylic acids is 1. The van der Waals surface area contributed by atoms with Crippen LogP contribution in [0.4, 0.5) is 0 Å². The van der Waals surface area contributed by atoms with Crippen molar-refractivity contribution >= 4 is 5.97 Å². The van der Waals surface area contributed by atoms with Crippen molar-refractivity contribution in [3.63, 3.8) is 0 Å². The number of hydrogen-bond acceptors (Lipinski definition) is 4. The van der Waals surface area contributed by atoms with Gasteiger partial charge in [-0.2, -0.15) is 5.10 Å². The fourth-order valence-corrected chi connectivity index (χ4v) is 1.22. The fourth-order valence-electron chi connectivity index (χ4n) is 1.22. The van der Waals surface area contributed by atoms with Crippen molar-refractivity contribution in [3.05, 3.63) is 12.7 Å². The van der Waals surface area contributed by atoms with Crippen LogP contribution in [0.2, 0.25) is 0 Å². The number of aryl methyl sites for hydroxylation is 1. The SMILES string of the molecule is CC(C)(CCn1cncn1)C(O)C(=O)O. The van der Waals surface area contributed by atoms with Gasteiger partial charge in [0.25, 0.3) is 0 Å². The summed E-state index contributed by atoms with van der Waals surface area (Å²) in [5.41, 5.74) is -0.683. The predicted molar refractivity (Wildman–Crippen MR) is 52.1 cm³/mol. The Morgan fingerprint density at radius 1 is 1.60 bits per heavy atom. The molecule has 6 heteroatoms. The number of nitrogens with zero attached hydrogens (tertiary/aromatic N) is 3. The first-order valence-corrected chi connectivity index (χ1v) is 4.67. The molecule has 0 saturated heterocycles. The summed E-state index contributed by atoms with van der Waals surface area (Å²) >= 11 is 0. The minimum Gasteiger partial charge on any atom is -0.479 e. The molecule has 84 valence electrons. The van der Waals surface area contributed by atoms with Crippen LogP contribution in [-0.4, -0.2) is 37.1 Å². The maximum atomic E-state index is 10.6. The molecule has 0 radical (unpaired) electrons. The van der Waals surface area contributed by atoms with Crippen molar-refractivity contribution in [2.75, 3.05) is 0 Å². The van der Waals surface area contributed by atoms with E-state index in [1.807, 2.05) is 0 Å². The van der Waals surface area contributed by atoms with Crippen LogP contribution in [-0.2, 0) is 11.3 Å². The summed E-state index contributed by atoms with van der Waals surface area (Å²) in [6, 6.07) is 0. The average molecular weight is 213 g/mol. The van der Waals surface area contributed by atoms with Crippen LogP contribution in [0.1, 0.15) is 20.3 Å². The lowest BCUT2D eigenvalue weighted by atomic mass is 9.83. The van der Waals surface area contributed by atoms with E-state index in [2.05, 4.69) is 10.1 Å². The van der Waals surface area contributed by atoms with Crippen LogP contribution in [0.3, 0.4) is 0 Å². The van der Waals surface area contributed by atoms with Crippen LogP contribution in [0.15, 0.2) is 12.7 Å². The van der Waals surface area contributed by atoms with Gasteiger partial charge in [-0.05, 0) is 6.42 Å². The summed E-state index contributed by atoms with van der Waals surface area (Å²) in [5.74, 6) is -1.20. The number of aromatic nitrogens is 3. The lowest BCUT2D eigenvalue weighted by Crippen LogP contribution is -2.37. The van der Waals surface area contributed by atoms with E-state index in [9.17, 15) is 9.90 Å². The number of carbonyl (C=O) groups is 1. The van der Waals surface area contributed by atoms with Crippen molar-refractivity contribution in [2.24, 2.45) is 5.41 Å². The van der Waals surface area contributed by atoms with E-state index in [-0.39, 0.29) is 0 Å². The van der Waals surface area contributed by atoms with Gasteiger partial charge in [-0.1, -0.05) is 13.8 Å². The van der Waals surface area contributed by atoms with Crippen molar-refractivity contribution in [2.45, 2.75) is 32.9 Å². The lowest BCUT2D eigenvalue weighted by molar-refractivity contribution is -0.153. The smallest absolute Gasteiger partial charge is 0.333 e. The highest BCUT2D eigenvalue weighted by Gasteiger charge is 2.33. The third kappa shape index (κ3) is 3.02. The Morgan fingerprint density at radius 2 is 2.27 bits per heavy atom. The fraction of sp³-hybridized carbons (Fsp3) is 0.667. The molecule has 6 nitrogen and oxygen atoms in total. The molecule has 0 spiro atoms. The Hall–Kier alpha value is -1.43. The van der Waals surface area contributed by atoms with Crippen molar-refractivity contribution < 1.29 is 15.0 Å². The highest BCUT2D eigenvalue weighted by Crippen LogP contribution is 2.25. The Labute approximate surface area is 87.6 Å². The second-order valence-corrected chi connectivity index (χ2v) is 4.14. The van der Waals surface area contributed by atoms with E-state index in [0.717, 1.165) is 0 Å². The quantitative estimate of drug-likeness (QED) is 0.726. The second kappa shape index (κ2) is 4.39. The molecule has 1 aromatic rings. The minimum atomic E-state index is -1.36. The van der Waals surface area contributed by atoms with Gasteiger partial charge in [0.1, 0.15) is 12.7 Å². The summed E-state index contributed by atoms with van der Waals surface area (Å²) in [6.07, 6.45) is 2.13. The van der Waals surface area contributed by atoms with E-state index in [4.69, 9.17) is 5.11 Å². The maximum absolute atomic E-state index is 10.6. The van der Waals surface area contributed by atoms with Gasteiger partial charge < -0.3 is 10.2 Å². The molecular formula is C9H15N3O3. The summed E-state index contributed by atoms with van der Waals surface area (Å²) < 4.78 is 1.61. The number of hydrogen-bond donors (Lipinski definition) is 2. The molecule has 0 bridgehead atoms. The summed E-state index contributed by atoms with van der Waals surface area (Å²) in [6.45, 7) is 3.96. The number of aliphatic hydroxyl groups excluding tert-OH is 1. The molecule has 0 aromatic carbocycles. The molecule has 0 aliphatic heterocycles. The molecule has 1 aromatic heterocycles. The van der Waals surface area contributed by atoms with Crippen LogP contribution in [0, 0.1) is 5.41 Å². The zero-order valence-electron chi connectivity index (χ0n) is 8.79. The number of carboxylic acid groups (broad SMARTS) is 1. The molecule has 1 heterocycles. The van der Waals surface area contributed by atoms with Gasteiger partial charge >= 0.3 is 5.97 Å². The Morgan fingerprint density at radius 3 is 2.73 bits per heavy atom. The lowest BCUT2D eigenvalue weighted by Gasteiger charge is -2.27. The van der Waals surface area contributed by atoms with Gasteiger partial charge in [-0.3, -0.25) is 4.68 Å². The first kappa shape index (κ1) is 11.6. The van der Waals surface area contributed by atoms with Crippen molar-refractivity contribution in [1.82, 2.24) is 14.8 Å². The standard InChI is InChI=1S/C9H15N3O3/c1-9(2,7(13)8(14)15)3-4-12-6-10-5-11-12/h5-7,13H,3-4H2,1-2H3,(H,14,15).